The Hall–Kier alpha value is -5.44. The van der Waals surface area contributed by atoms with Crippen molar-refractivity contribution in [1.82, 2.24) is 29.9 Å². The minimum Gasteiger partial charge on any atom is -0.396 e. The molecule has 2 aliphatic heterocycles. The molecule has 0 saturated carbocycles. The topological polar surface area (TPSA) is 390 Å². The maximum absolute atomic E-state index is 12.7. The van der Waals surface area contributed by atoms with E-state index in [-0.39, 0.29) is 108 Å². The molecular weight excluding hydrogens is 977 g/mol. The second kappa shape index (κ2) is 21.5. The monoisotopic (exact) mass is 1030 g/mol. The summed E-state index contributed by atoms with van der Waals surface area (Å²) in [6, 6.07) is 7.23. The lowest BCUT2D eigenvalue weighted by Crippen LogP contribution is -2.42. The van der Waals surface area contributed by atoms with E-state index in [4.69, 9.17) is 0 Å². The molecular formula is C38H52N12O14S4. The SMILES string of the molecule is CC1CC(CO)CCN1c1nc(NCCS(=O)(=O)O)nc(Nc2ccc(/C=C/c3ccc(Nc4nc(NCCS(=O)(=O)O)nc(N5CCC(CO)CC5C)n4)cc3S(=O)(=O)O)c(S(=O)(=O)O)c2)n1. The highest BCUT2D eigenvalue weighted by Gasteiger charge is 2.30. The van der Waals surface area contributed by atoms with Crippen LogP contribution in [0.5, 0.6) is 0 Å². The third kappa shape index (κ3) is 14.5. The Morgan fingerprint density at radius 1 is 0.574 bits per heavy atom. The van der Waals surface area contributed by atoms with E-state index in [0.29, 0.717) is 38.8 Å². The van der Waals surface area contributed by atoms with E-state index in [0.717, 1.165) is 12.1 Å². The van der Waals surface area contributed by atoms with Gasteiger partial charge in [0, 0.05) is 62.9 Å². The van der Waals surface area contributed by atoms with Gasteiger partial charge in [-0.2, -0.15) is 63.6 Å². The van der Waals surface area contributed by atoms with Crippen molar-refractivity contribution in [1.29, 1.82) is 0 Å². The molecule has 2 aromatic carbocycles. The molecule has 0 amide bonds. The lowest BCUT2D eigenvalue weighted by molar-refractivity contribution is 0.190. The zero-order valence-corrected chi connectivity index (χ0v) is 39.8. The Morgan fingerprint density at radius 3 is 1.26 bits per heavy atom. The van der Waals surface area contributed by atoms with Crippen molar-refractivity contribution in [3.8, 4) is 0 Å². The molecule has 0 aliphatic carbocycles. The van der Waals surface area contributed by atoms with Crippen LogP contribution in [0.4, 0.5) is 47.1 Å². The van der Waals surface area contributed by atoms with E-state index < -0.39 is 61.8 Å². The second-order valence-electron chi connectivity index (χ2n) is 16.3. The van der Waals surface area contributed by atoms with Crippen LogP contribution in [-0.4, -0.2) is 155 Å². The van der Waals surface area contributed by atoms with Crippen molar-refractivity contribution in [3.05, 3.63) is 47.5 Å². The van der Waals surface area contributed by atoms with Gasteiger partial charge in [-0.1, -0.05) is 24.3 Å². The van der Waals surface area contributed by atoms with Crippen LogP contribution >= 0.6 is 0 Å². The quantitative estimate of drug-likeness (QED) is 0.0447. The van der Waals surface area contributed by atoms with E-state index in [2.05, 4.69) is 51.2 Å². The number of piperidine rings is 2. The third-order valence-electron chi connectivity index (χ3n) is 11.1. The summed E-state index contributed by atoms with van der Waals surface area (Å²) >= 11 is 0. The van der Waals surface area contributed by atoms with Gasteiger partial charge < -0.3 is 41.3 Å². The lowest BCUT2D eigenvalue weighted by Gasteiger charge is -2.37. The van der Waals surface area contributed by atoms with Gasteiger partial charge in [-0.15, -0.1) is 0 Å². The Morgan fingerprint density at radius 2 is 0.941 bits per heavy atom. The average molecular weight is 1030 g/mol. The minimum absolute atomic E-state index is 0.00207. The van der Waals surface area contributed by atoms with Gasteiger partial charge in [0.25, 0.3) is 40.5 Å². The first kappa shape index (κ1) is 51.9. The van der Waals surface area contributed by atoms with E-state index in [1.807, 2.05) is 23.6 Å². The molecule has 372 valence electrons. The molecule has 4 heterocycles. The first-order valence-electron chi connectivity index (χ1n) is 21.0. The van der Waals surface area contributed by atoms with Crippen molar-refractivity contribution in [2.75, 3.05) is 82.0 Å². The number of aromatic nitrogens is 6. The first-order valence-corrected chi connectivity index (χ1v) is 27.1. The van der Waals surface area contributed by atoms with E-state index in [9.17, 15) is 62.1 Å². The molecule has 0 bridgehead atoms. The van der Waals surface area contributed by atoms with Crippen LogP contribution in [0.1, 0.15) is 50.7 Å². The fourth-order valence-corrected chi connectivity index (χ4v) is 9.83. The largest absolute Gasteiger partial charge is 0.396 e. The third-order valence-corrected chi connectivity index (χ3v) is 14.3. The molecule has 2 saturated heterocycles. The smallest absolute Gasteiger partial charge is 0.295 e. The number of anilines is 8. The summed E-state index contributed by atoms with van der Waals surface area (Å²) in [5, 5.41) is 30.5. The first-order chi connectivity index (χ1) is 31.9. The molecule has 0 radical (unpaired) electrons. The summed E-state index contributed by atoms with van der Waals surface area (Å²) in [5.74, 6) is -1.26. The van der Waals surface area contributed by atoms with Crippen LogP contribution in [0.25, 0.3) is 12.2 Å². The van der Waals surface area contributed by atoms with Crippen molar-refractivity contribution in [2.24, 2.45) is 11.8 Å². The highest BCUT2D eigenvalue weighted by Crippen LogP contribution is 2.32. The molecule has 4 atom stereocenters. The molecule has 30 heteroatoms. The second-order valence-corrected chi connectivity index (χ2v) is 22.2. The average Bonchev–Trinajstić information content (AvgIpc) is 3.24. The highest BCUT2D eigenvalue weighted by molar-refractivity contribution is 7.86. The number of rotatable bonds is 20. The zero-order chi connectivity index (χ0) is 49.6. The number of benzene rings is 2. The fraction of sp³-hybridized carbons (Fsp3) is 0.474. The number of nitrogens with zero attached hydrogens (tertiary/aromatic N) is 8. The van der Waals surface area contributed by atoms with Crippen LogP contribution in [-0.2, 0) is 40.5 Å². The molecule has 2 fully saturated rings. The minimum atomic E-state index is -4.97. The van der Waals surface area contributed by atoms with Gasteiger partial charge in [-0.25, -0.2) is 0 Å². The standard InChI is InChI=1S/C38H52N12O14S4/c1-23-17-25(21-51)9-13-49(23)37-45-33(39-11-15-65(53,54)55)43-35(47-37)41-29-7-5-27(31(19-29)67(59,60)61)3-4-28-6-8-30(20-32(28)68(62,63)64)42-36-44-34(40-12-16-66(56,57)58)46-38(48-36)50-14-10-26(22-52)18-24(50)2/h3-8,19-20,23-26,51-52H,9-18,21-22H2,1-2H3,(H,53,54,55)(H,56,57,58)(H,59,60,61)(H,62,63,64)(H2,39,41,43,45,47)(H2,40,42,44,46,48)/b4-3+. The van der Waals surface area contributed by atoms with Gasteiger partial charge in [0.15, 0.2) is 0 Å². The van der Waals surface area contributed by atoms with Crippen molar-refractivity contribution < 1.29 is 62.1 Å². The van der Waals surface area contributed by atoms with Crippen molar-refractivity contribution in [3.63, 3.8) is 0 Å². The summed E-state index contributed by atoms with van der Waals surface area (Å²) < 4.78 is 135. The van der Waals surface area contributed by atoms with Gasteiger partial charge >= 0.3 is 0 Å². The maximum atomic E-state index is 12.7. The maximum Gasteiger partial charge on any atom is 0.295 e. The highest BCUT2D eigenvalue weighted by atomic mass is 32.2. The molecule has 4 unspecified atom stereocenters. The van der Waals surface area contributed by atoms with Crippen LogP contribution in [0.15, 0.2) is 46.2 Å². The Balaban J connectivity index is 1.28. The van der Waals surface area contributed by atoms with Crippen LogP contribution in [0, 0.1) is 11.8 Å². The van der Waals surface area contributed by atoms with Crippen molar-refractivity contribution >= 4 is 99.7 Å². The normalized spacial score (nSPS) is 19.5. The van der Waals surface area contributed by atoms with E-state index >= 15 is 0 Å². The summed E-state index contributed by atoms with van der Waals surface area (Å²) in [6.07, 6.45) is 4.85. The van der Waals surface area contributed by atoms with Gasteiger partial charge in [0.1, 0.15) is 9.79 Å². The fourth-order valence-electron chi connectivity index (χ4n) is 7.69. The number of aliphatic hydroxyl groups is 2. The van der Waals surface area contributed by atoms with Gasteiger partial charge in [0.2, 0.25) is 35.7 Å². The lowest BCUT2D eigenvalue weighted by atomic mass is 9.93. The van der Waals surface area contributed by atoms with Crippen molar-refractivity contribution in [2.45, 2.75) is 61.4 Å². The van der Waals surface area contributed by atoms with E-state index in [1.165, 1.54) is 36.4 Å². The number of aliphatic hydroxyl groups excluding tert-OH is 2. The molecule has 6 rings (SSSR count). The molecule has 68 heavy (non-hydrogen) atoms. The molecule has 0 spiro atoms. The Bertz CT molecular complexity index is 2750. The summed E-state index contributed by atoms with van der Waals surface area (Å²) in [5.41, 5.74) is -0.122. The predicted molar refractivity (Wildman–Crippen MR) is 251 cm³/mol. The molecule has 2 aliphatic rings. The van der Waals surface area contributed by atoms with Gasteiger partial charge in [0.05, 0.1) is 11.5 Å². The zero-order valence-electron chi connectivity index (χ0n) is 36.6. The molecule has 2 aromatic heterocycles. The molecule has 4 aromatic rings. The number of hydrogen-bond donors (Lipinski definition) is 10. The molecule has 10 N–H and O–H groups in total. The number of nitrogens with one attached hydrogen (secondary N) is 4. The predicted octanol–water partition coefficient (Wildman–Crippen LogP) is 2.00. The molecule has 26 nitrogen and oxygen atoms in total. The van der Waals surface area contributed by atoms with Gasteiger partial charge in [-0.3, -0.25) is 18.2 Å². The Labute approximate surface area is 392 Å². The summed E-state index contributed by atoms with van der Waals surface area (Å²) in [7, 11) is -18.6. The van der Waals surface area contributed by atoms with Crippen LogP contribution in [0.3, 0.4) is 0 Å². The van der Waals surface area contributed by atoms with E-state index in [1.54, 1.807) is 0 Å². The summed E-state index contributed by atoms with van der Waals surface area (Å²) in [4.78, 5) is 28.7. The summed E-state index contributed by atoms with van der Waals surface area (Å²) in [6.45, 7) is 4.20. The van der Waals surface area contributed by atoms with Crippen LogP contribution < -0.4 is 31.1 Å². The Kier molecular flexibility index (Phi) is 16.4. The van der Waals surface area contributed by atoms with Gasteiger partial charge in [-0.05, 0) is 86.8 Å². The number of hydrogen-bond acceptors (Lipinski definition) is 22. The van der Waals surface area contributed by atoms with Crippen LogP contribution in [0.2, 0.25) is 0 Å².